The maximum Gasteiger partial charge on any atom is 0.356 e. The summed E-state index contributed by atoms with van der Waals surface area (Å²) in [5.41, 5.74) is 0.629. The van der Waals surface area contributed by atoms with Crippen molar-refractivity contribution in [2.75, 3.05) is 5.32 Å². The Bertz CT molecular complexity index is 932. The van der Waals surface area contributed by atoms with E-state index >= 15 is 0 Å². The summed E-state index contributed by atoms with van der Waals surface area (Å²) in [4.78, 5) is 30.3. The first-order chi connectivity index (χ1) is 12.0. The van der Waals surface area contributed by atoms with Crippen LogP contribution in [0.5, 0.6) is 0 Å². The first-order valence-electron chi connectivity index (χ1n) is 7.67. The zero-order valence-electron chi connectivity index (χ0n) is 14.6. The molecule has 138 valence electrons. The average molecular weight is 377 g/mol. The molecule has 0 saturated heterocycles. The standard InChI is InChI=1S/C17H19N3O5S/c1-17(2,3)26(24,25)10-11-5-4-6-12(7-11)20-15(21)13-8-19-14(9-18-13)16(22)23/h4-9H,10H2,1-3H3,(H,20,21)(H,22,23). The number of benzene rings is 1. The van der Waals surface area contributed by atoms with E-state index in [4.69, 9.17) is 5.11 Å². The lowest BCUT2D eigenvalue weighted by molar-refractivity contribution is 0.0689. The van der Waals surface area contributed by atoms with Gasteiger partial charge in [-0.05, 0) is 38.5 Å². The van der Waals surface area contributed by atoms with Gasteiger partial charge in [0, 0.05) is 5.69 Å². The SMILES string of the molecule is CC(C)(C)S(=O)(=O)Cc1cccc(NC(=O)c2cnc(C(=O)O)cn2)c1. The molecule has 2 rings (SSSR count). The van der Waals surface area contributed by atoms with Gasteiger partial charge in [-0.3, -0.25) is 4.79 Å². The monoisotopic (exact) mass is 377 g/mol. The van der Waals surface area contributed by atoms with Gasteiger partial charge in [0.05, 0.1) is 22.9 Å². The van der Waals surface area contributed by atoms with Gasteiger partial charge in [0.15, 0.2) is 15.5 Å². The zero-order chi connectivity index (χ0) is 19.5. The highest BCUT2D eigenvalue weighted by Gasteiger charge is 2.29. The summed E-state index contributed by atoms with van der Waals surface area (Å²) in [6.45, 7) is 4.90. The highest BCUT2D eigenvalue weighted by atomic mass is 32.2. The molecule has 0 fully saturated rings. The number of hydrogen-bond donors (Lipinski definition) is 2. The molecule has 8 nitrogen and oxygen atoms in total. The predicted octanol–water partition coefficient (Wildman–Crippen LogP) is 2.14. The third-order valence-electron chi connectivity index (χ3n) is 3.58. The van der Waals surface area contributed by atoms with E-state index in [0.717, 1.165) is 12.4 Å². The van der Waals surface area contributed by atoms with Crippen LogP contribution >= 0.6 is 0 Å². The Hall–Kier alpha value is -2.81. The zero-order valence-corrected chi connectivity index (χ0v) is 15.4. The molecule has 0 bridgehead atoms. The Morgan fingerprint density at radius 3 is 2.27 bits per heavy atom. The van der Waals surface area contributed by atoms with Crippen molar-refractivity contribution < 1.29 is 23.1 Å². The number of nitrogens with one attached hydrogen (secondary N) is 1. The van der Waals surface area contributed by atoms with Gasteiger partial charge in [0.1, 0.15) is 5.69 Å². The van der Waals surface area contributed by atoms with Crippen LogP contribution in [0.3, 0.4) is 0 Å². The van der Waals surface area contributed by atoms with Crippen LogP contribution in [0.1, 0.15) is 47.3 Å². The number of rotatable bonds is 5. The molecule has 0 saturated carbocycles. The normalized spacial score (nSPS) is 11.8. The summed E-state index contributed by atoms with van der Waals surface area (Å²) in [5, 5.41) is 11.4. The molecule has 0 radical (unpaired) electrons. The predicted molar refractivity (Wildman–Crippen MR) is 95.8 cm³/mol. The van der Waals surface area contributed by atoms with E-state index in [1.54, 1.807) is 45.0 Å². The molecule has 0 spiro atoms. The van der Waals surface area contributed by atoms with Gasteiger partial charge in [-0.25, -0.2) is 23.2 Å². The number of aromatic carboxylic acids is 1. The van der Waals surface area contributed by atoms with Gasteiger partial charge in [-0.2, -0.15) is 0 Å². The molecular weight excluding hydrogens is 358 g/mol. The number of aromatic nitrogens is 2. The van der Waals surface area contributed by atoms with Crippen molar-refractivity contribution in [3.8, 4) is 0 Å². The largest absolute Gasteiger partial charge is 0.476 e. The fourth-order valence-corrected chi connectivity index (χ4v) is 2.98. The van der Waals surface area contributed by atoms with E-state index in [9.17, 15) is 18.0 Å². The molecule has 2 aromatic rings. The van der Waals surface area contributed by atoms with Crippen molar-refractivity contribution in [2.24, 2.45) is 0 Å². The molecule has 1 aromatic carbocycles. The minimum atomic E-state index is -3.35. The molecule has 1 amide bonds. The van der Waals surface area contributed by atoms with E-state index in [1.165, 1.54) is 0 Å². The van der Waals surface area contributed by atoms with Crippen molar-refractivity contribution in [3.63, 3.8) is 0 Å². The summed E-state index contributed by atoms with van der Waals surface area (Å²) < 4.78 is 23.7. The number of carbonyl (C=O) groups excluding carboxylic acids is 1. The minimum absolute atomic E-state index is 0.0530. The van der Waals surface area contributed by atoms with Gasteiger partial charge < -0.3 is 10.4 Å². The van der Waals surface area contributed by atoms with Crippen molar-refractivity contribution in [1.82, 2.24) is 9.97 Å². The second kappa shape index (κ2) is 7.20. The minimum Gasteiger partial charge on any atom is -0.476 e. The topological polar surface area (TPSA) is 126 Å². The van der Waals surface area contributed by atoms with Gasteiger partial charge in [-0.1, -0.05) is 12.1 Å². The van der Waals surface area contributed by atoms with Crippen molar-refractivity contribution in [1.29, 1.82) is 0 Å². The quantitative estimate of drug-likeness (QED) is 0.817. The molecule has 1 aromatic heterocycles. The summed E-state index contributed by atoms with van der Waals surface area (Å²) in [6.07, 6.45) is 2.05. The molecule has 0 aliphatic heterocycles. The van der Waals surface area contributed by atoms with Crippen LogP contribution in [-0.4, -0.2) is 40.1 Å². The lowest BCUT2D eigenvalue weighted by atomic mass is 10.2. The maximum absolute atomic E-state index is 12.3. The van der Waals surface area contributed by atoms with E-state index < -0.39 is 26.5 Å². The third kappa shape index (κ3) is 4.63. The van der Waals surface area contributed by atoms with Crippen LogP contribution in [0.15, 0.2) is 36.7 Å². The number of amides is 1. The highest BCUT2D eigenvalue weighted by Crippen LogP contribution is 2.22. The first-order valence-corrected chi connectivity index (χ1v) is 9.33. The van der Waals surface area contributed by atoms with Gasteiger partial charge in [-0.15, -0.1) is 0 Å². The Labute approximate surface area is 151 Å². The molecule has 26 heavy (non-hydrogen) atoms. The van der Waals surface area contributed by atoms with Crippen LogP contribution in [0.2, 0.25) is 0 Å². The number of carboxylic acids is 1. The molecule has 0 unspecified atom stereocenters. The molecule has 0 aliphatic carbocycles. The van der Waals surface area contributed by atoms with Crippen LogP contribution in [0.25, 0.3) is 0 Å². The Kier molecular flexibility index (Phi) is 5.41. The highest BCUT2D eigenvalue weighted by molar-refractivity contribution is 7.91. The van der Waals surface area contributed by atoms with E-state index in [0.29, 0.717) is 11.3 Å². The van der Waals surface area contributed by atoms with Gasteiger partial charge >= 0.3 is 5.97 Å². The number of anilines is 1. The van der Waals surface area contributed by atoms with Crippen LogP contribution in [0.4, 0.5) is 5.69 Å². The fourth-order valence-electron chi connectivity index (χ4n) is 1.93. The van der Waals surface area contributed by atoms with Gasteiger partial charge in [0.2, 0.25) is 0 Å². The summed E-state index contributed by atoms with van der Waals surface area (Å²) in [5.74, 6) is -1.96. The molecule has 2 N–H and O–H groups in total. The number of carboxylic acid groups (broad SMARTS) is 1. The average Bonchev–Trinajstić information content (AvgIpc) is 2.53. The molecule has 0 aliphatic rings. The van der Waals surface area contributed by atoms with Crippen molar-refractivity contribution in [2.45, 2.75) is 31.3 Å². The molecular formula is C17H19N3O5S. The summed E-state index contributed by atoms with van der Waals surface area (Å²) >= 11 is 0. The lowest BCUT2D eigenvalue weighted by Gasteiger charge is -2.19. The van der Waals surface area contributed by atoms with Crippen LogP contribution in [-0.2, 0) is 15.6 Å². The Morgan fingerprint density at radius 2 is 1.73 bits per heavy atom. The number of nitrogens with zero attached hydrogens (tertiary/aromatic N) is 2. The molecule has 1 heterocycles. The second-order valence-corrected chi connectivity index (χ2v) is 9.36. The maximum atomic E-state index is 12.3. The second-order valence-electron chi connectivity index (χ2n) is 6.62. The number of hydrogen-bond acceptors (Lipinski definition) is 6. The summed E-state index contributed by atoms with van der Waals surface area (Å²) in [6, 6.07) is 6.49. The smallest absolute Gasteiger partial charge is 0.356 e. The van der Waals surface area contributed by atoms with E-state index in [2.05, 4.69) is 15.3 Å². The first kappa shape index (κ1) is 19.5. The number of carbonyl (C=O) groups is 2. The lowest BCUT2D eigenvalue weighted by Crippen LogP contribution is -2.29. The summed E-state index contributed by atoms with van der Waals surface area (Å²) in [7, 11) is -3.35. The van der Waals surface area contributed by atoms with Crippen LogP contribution < -0.4 is 5.32 Å². The Morgan fingerprint density at radius 1 is 1.12 bits per heavy atom. The Balaban J connectivity index is 2.15. The fraction of sp³-hybridized carbons (Fsp3) is 0.294. The van der Waals surface area contributed by atoms with E-state index in [1.807, 2.05) is 0 Å². The number of sulfone groups is 1. The van der Waals surface area contributed by atoms with Gasteiger partial charge in [0.25, 0.3) is 5.91 Å². The van der Waals surface area contributed by atoms with E-state index in [-0.39, 0.29) is 17.1 Å². The van der Waals surface area contributed by atoms with Crippen molar-refractivity contribution >= 4 is 27.4 Å². The van der Waals surface area contributed by atoms with Crippen molar-refractivity contribution in [3.05, 3.63) is 53.6 Å². The van der Waals surface area contributed by atoms with Crippen LogP contribution in [0, 0.1) is 0 Å². The molecule has 0 atom stereocenters. The molecule has 9 heteroatoms. The third-order valence-corrected chi connectivity index (χ3v) is 6.16.